The molecule has 1 unspecified atom stereocenters. The van der Waals surface area contributed by atoms with Gasteiger partial charge in [-0.25, -0.2) is 12.8 Å². The number of hydrogen-bond donors (Lipinski definition) is 2. The average Bonchev–Trinajstić information content (AvgIpc) is 2.68. The summed E-state index contributed by atoms with van der Waals surface area (Å²) in [7, 11) is -3.35. The molecule has 2 aromatic rings. The standard InChI is InChI=1S/C22H27FN2O3S/c1-16(17-6-10-19(23)11-7-17)24-21(26)22(14-4-3-5-15-22)18-8-12-20(13-9-18)25-29(2,27)28/h6-13,16,25H,3-5,14-15H2,1-2H3,(H,24,26). The highest BCUT2D eigenvalue weighted by atomic mass is 32.2. The minimum Gasteiger partial charge on any atom is -0.349 e. The van der Waals surface area contributed by atoms with Gasteiger partial charge in [-0.2, -0.15) is 0 Å². The topological polar surface area (TPSA) is 75.3 Å². The van der Waals surface area contributed by atoms with Crippen molar-refractivity contribution in [3.63, 3.8) is 0 Å². The Morgan fingerprint density at radius 2 is 1.59 bits per heavy atom. The zero-order chi connectivity index (χ0) is 21.1. The number of hydrogen-bond acceptors (Lipinski definition) is 3. The van der Waals surface area contributed by atoms with Crippen molar-refractivity contribution < 1.29 is 17.6 Å². The van der Waals surface area contributed by atoms with Crippen LogP contribution in [0.15, 0.2) is 48.5 Å². The largest absolute Gasteiger partial charge is 0.349 e. The molecule has 5 nitrogen and oxygen atoms in total. The van der Waals surface area contributed by atoms with E-state index in [1.54, 1.807) is 24.3 Å². The average molecular weight is 419 g/mol. The quantitative estimate of drug-likeness (QED) is 0.735. The first-order valence-corrected chi connectivity index (χ1v) is 11.7. The first-order chi connectivity index (χ1) is 13.7. The molecule has 0 heterocycles. The Kier molecular flexibility index (Phi) is 6.27. The van der Waals surface area contributed by atoms with E-state index in [1.807, 2.05) is 19.1 Å². The molecule has 3 rings (SSSR count). The number of anilines is 1. The van der Waals surface area contributed by atoms with Crippen LogP contribution >= 0.6 is 0 Å². The number of amides is 1. The lowest BCUT2D eigenvalue weighted by Gasteiger charge is -2.37. The van der Waals surface area contributed by atoms with Crippen molar-refractivity contribution in [1.29, 1.82) is 0 Å². The van der Waals surface area contributed by atoms with Gasteiger partial charge < -0.3 is 5.32 Å². The minimum atomic E-state index is -3.35. The molecule has 29 heavy (non-hydrogen) atoms. The first kappa shape index (κ1) is 21.3. The third-order valence-electron chi connectivity index (χ3n) is 5.60. The van der Waals surface area contributed by atoms with Crippen LogP contribution in [0.1, 0.15) is 56.2 Å². The summed E-state index contributed by atoms with van der Waals surface area (Å²) >= 11 is 0. The van der Waals surface area contributed by atoms with Gasteiger partial charge in [0.25, 0.3) is 0 Å². The molecule has 2 N–H and O–H groups in total. The van der Waals surface area contributed by atoms with Crippen LogP contribution in [0.25, 0.3) is 0 Å². The van der Waals surface area contributed by atoms with Crippen molar-refractivity contribution in [3.8, 4) is 0 Å². The Labute approximate surface area is 171 Å². The number of benzene rings is 2. The summed E-state index contributed by atoms with van der Waals surface area (Å²) in [6, 6.07) is 13.0. The molecule has 2 aromatic carbocycles. The van der Waals surface area contributed by atoms with Crippen LogP contribution in [0.5, 0.6) is 0 Å². The Bertz CT molecular complexity index is 951. The van der Waals surface area contributed by atoms with Crippen molar-refractivity contribution in [3.05, 3.63) is 65.5 Å². The highest BCUT2D eigenvalue weighted by molar-refractivity contribution is 7.92. The van der Waals surface area contributed by atoms with E-state index < -0.39 is 15.4 Å². The molecular formula is C22H27FN2O3S. The molecule has 0 bridgehead atoms. The summed E-state index contributed by atoms with van der Waals surface area (Å²) in [6.07, 6.45) is 5.61. The smallest absolute Gasteiger partial charge is 0.231 e. The molecule has 1 fully saturated rings. The molecule has 0 saturated heterocycles. The highest BCUT2D eigenvalue weighted by Gasteiger charge is 2.41. The van der Waals surface area contributed by atoms with Crippen LogP contribution in [0, 0.1) is 5.82 Å². The van der Waals surface area contributed by atoms with Crippen molar-refractivity contribution in [2.24, 2.45) is 0 Å². The van der Waals surface area contributed by atoms with Gasteiger partial charge in [0.05, 0.1) is 17.7 Å². The van der Waals surface area contributed by atoms with Gasteiger partial charge in [0.2, 0.25) is 15.9 Å². The second kappa shape index (κ2) is 8.53. The van der Waals surface area contributed by atoms with E-state index in [0.29, 0.717) is 5.69 Å². The Hall–Kier alpha value is -2.41. The predicted molar refractivity (Wildman–Crippen MR) is 113 cm³/mol. The summed E-state index contributed by atoms with van der Waals surface area (Å²) in [5.41, 5.74) is 1.57. The number of carbonyl (C=O) groups excluding carboxylic acids is 1. The molecule has 0 spiro atoms. The van der Waals surface area contributed by atoms with E-state index in [1.165, 1.54) is 12.1 Å². The zero-order valence-corrected chi connectivity index (χ0v) is 17.6. The Balaban J connectivity index is 1.84. The second-order valence-electron chi connectivity index (χ2n) is 7.84. The molecule has 1 aliphatic rings. The Morgan fingerprint density at radius 3 is 2.14 bits per heavy atom. The fourth-order valence-corrected chi connectivity index (χ4v) is 4.61. The molecule has 156 valence electrons. The van der Waals surface area contributed by atoms with Gasteiger partial charge in [-0.3, -0.25) is 9.52 Å². The minimum absolute atomic E-state index is 0.0437. The van der Waals surface area contributed by atoms with Gasteiger partial charge >= 0.3 is 0 Å². The van der Waals surface area contributed by atoms with Gasteiger partial charge in [-0.05, 0) is 55.2 Å². The third-order valence-corrected chi connectivity index (χ3v) is 6.21. The summed E-state index contributed by atoms with van der Waals surface area (Å²) in [5.74, 6) is -0.350. The fraction of sp³-hybridized carbons (Fsp3) is 0.409. The molecule has 1 atom stereocenters. The van der Waals surface area contributed by atoms with E-state index in [9.17, 15) is 17.6 Å². The SMILES string of the molecule is CC(NC(=O)C1(c2ccc(NS(C)(=O)=O)cc2)CCCCC1)c1ccc(F)cc1. The van der Waals surface area contributed by atoms with E-state index in [2.05, 4.69) is 10.0 Å². The van der Waals surface area contributed by atoms with Gasteiger partial charge in [0.1, 0.15) is 5.82 Å². The van der Waals surface area contributed by atoms with Crippen LogP contribution in [0.2, 0.25) is 0 Å². The fourth-order valence-electron chi connectivity index (χ4n) is 4.04. The van der Waals surface area contributed by atoms with Gasteiger partial charge in [0.15, 0.2) is 0 Å². The summed E-state index contributed by atoms with van der Waals surface area (Å²) < 4.78 is 38.5. The lowest BCUT2D eigenvalue weighted by atomic mass is 9.68. The first-order valence-electron chi connectivity index (χ1n) is 9.84. The van der Waals surface area contributed by atoms with E-state index in [0.717, 1.165) is 49.5 Å². The molecule has 0 aliphatic heterocycles. The molecule has 7 heteroatoms. The zero-order valence-electron chi connectivity index (χ0n) is 16.7. The van der Waals surface area contributed by atoms with Gasteiger partial charge in [-0.1, -0.05) is 43.5 Å². The number of rotatable bonds is 6. The summed E-state index contributed by atoms with van der Waals surface area (Å²) in [6.45, 7) is 1.89. The van der Waals surface area contributed by atoms with Gasteiger partial charge in [-0.15, -0.1) is 0 Å². The van der Waals surface area contributed by atoms with Crippen LogP contribution in [-0.2, 0) is 20.2 Å². The number of carbonyl (C=O) groups is 1. The maximum Gasteiger partial charge on any atom is 0.231 e. The molecular weight excluding hydrogens is 391 g/mol. The van der Waals surface area contributed by atoms with E-state index in [-0.39, 0.29) is 17.8 Å². The van der Waals surface area contributed by atoms with E-state index in [4.69, 9.17) is 0 Å². The lowest BCUT2D eigenvalue weighted by Crippen LogP contribution is -2.46. The normalized spacial score (nSPS) is 17.3. The summed E-state index contributed by atoms with van der Waals surface area (Å²) in [4.78, 5) is 13.4. The Morgan fingerprint density at radius 1 is 1.00 bits per heavy atom. The van der Waals surface area contributed by atoms with Crippen LogP contribution in [0.4, 0.5) is 10.1 Å². The third kappa shape index (κ3) is 5.15. The predicted octanol–water partition coefficient (Wildman–Crippen LogP) is 4.28. The van der Waals surface area contributed by atoms with E-state index >= 15 is 0 Å². The molecule has 1 aliphatic carbocycles. The number of halogens is 1. The number of sulfonamides is 1. The van der Waals surface area contributed by atoms with Gasteiger partial charge in [0, 0.05) is 5.69 Å². The molecule has 1 saturated carbocycles. The van der Waals surface area contributed by atoms with Crippen LogP contribution in [-0.4, -0.2) is 20.6 Å². The summed E-state index contributed by atoms with van der Waals surface area (Å²) in [5, 5.41) is 3.10. The van der Waals surface area contributed by atoms with Crippen molar-refractivity contribution >= 4 is 21.6 Å². The van der Waals surface area contributed by atoms with Crippen LogP contribution < -0.4 is 10.0 Å². The monoisotopic (exact) mass is 418 g/mol. The second-order valence-corrected chi connectivity index (χ2v) is 9.59. The van der Waals surface area contributed by atoms with Crippen molar-refractivity contribution in [1.82, 2.24) is 5.32 Å². The number of nitrogens with one attached hydrogen (secondary N) is 2. The maximum atomic E-state index is 13.4. The van der Waals surface area contributed by atoms with Crippen molar-refractivity contribution in [2.75, 3.05) is 11.0 Å². The highest BCUT2D eigenvalue weighted by Crippen LogP contribution is 2.40. The van der Waals surface area contributed by atoms with Crippen LogP contribution in [0.3, 0.4) is 0 Å². The van der Waals surface area contributed by atoms with Crippen molar-refractivity contribution in [2.45, 2.75) is 50.5 Å². The molecule has 0 radical (unpaired) electrons. The molecule has 0 aromatic heterocycles. The lowest BCUT2D eigenvalue weighted by molar-refractivity contribution is -0.128. The maximum absolute atomic E-state index is 13.4. The molecule has 1 amide bonds.